The van der Waals surface area contributed by atoms with Crippen LogP contribution in [0.15, 0.2) is 47.6 Å². The minimum atomic E-state index is -0.182. The largest absolute Gasteiger partial charge is 0.496 e. The molecule has 0 aliphatic carbocycles. The molecule has 0 atom stereocenters. The Morgan fingerprint density at radius 1 is 1.27 bits per heavy atom. The van der Waals surface area contributed by atoms with Crippen molar-refractivity contribution in [2.24, 2.45) is 5.18 Å². The van der Waals surface area contributed by atoms with Crippen molar-refractivity contribution in [3.05, 3.63) is 58.0 Å². The number of aromatic nitrogens is 1. The molecule has 0 radical (unpaired) electrons. The molecule has 0 bridgehead atoms. The van der Waals surface area contributed by atoms with E-state index in [1.165, 1.54) is 0 Å². The van der Waals surface area contributed by atoms with Gasteiger partial charge in [-0.2, -0.15) is 0 Å². The number of methoxy groups -OCH3 is 1. The monoisotopic (exact) mass is 316 g/mol. The number of rotatable bonds is 4. The highest BCUT2D eigenvalue weighted by Gasteiger charge is 2.18. The standard InChI is InChI=1S/C16H13ClN2O3/c1-22-14-5-3-2-4-10(14)9-19-13-7-6-11(17)8-12(13)15(18-21)16(19)20/h2-8,20H,9H2,1H3. The Morgan fingerprint density at radius 2 is 2.05 bits per heavy atom. The smallest absolute Gasteiger partial charge is 0.222 e. The summed E-state index contributed by atoms with van der Waals surface area (Å²) in [6.07, 6.45) is 0. The van der Waals surface area contributed by atoms with Crippen molar-refractivity contribution in [2.45, 2.75) is 6.54 Å². The molecular weight excluding hydrogens is 304 g/mol. The minimum Gasteiger partial charge on any atom is -0.496 e. The average Bonchev–Trinajstić information content (AvgIpc) is 2.79. The Labute approximate surface area is 131 Å². The van der Waals surface area contributed by atoms with Crippen molar-refractivity contribution in [1.82, 2.24) is 4.57 Å². The second kappa shape index (κ2) is 5.69. The molecule has 0 fully saturated rings. The fourth-order valence-electron chi connectivity index (χ4n) is 2.55. The van der Waals surface area contributed by atoms with Crippen LogP contribution in [0.3, 0.4) is 0 Å². The average molecular weight is 317 g/mol. The molecule has 112 valence electrons. The van der Waals surface area contributed by atoms with Gasteiger partial charge in [-0.3, -0.25) is 0 Å². The first-order chi connectivity index (χ1) is 10.7. The third kappa shape index (κ3) is 2.29. The lowest BCUT2D eigenvalue weighted by Gasteiger charge is -2.11. The number of nitroso groups, excluding NO2 is 1. The lowest BCUT2D eigenvalue weighted by Crippen LogP contribution is -2.01. The van der Waals surface area contributed by atoms with Gasteiger partial charge in [0, 0.05) is 16.0 Å². The summed E-state index contributed by atoms with van der Waals surface area (Å²) in [6.45, 7) is 0.351. The van der Waals surface area contributed by atoms with Gasteiger partial charge >= 0.3 is 0 Å². The van der Waals surface area contributed by atoms with Crippen LogP contribution in [0.1, 0.15) is 5.56 Å². The fraction of sp³-hybridized carbons (Fsp3) is 0.125. The molecule has 1 N–H and O–H groups in total. The summed E-state index contributed by atoms with van der Waals surface area (Å²) in [4.78, 5) is 11.1. The molecule has 0 aliphatic heterocycles. The minimum absolute atomic E-state index is 0.00704. The molecule has 1 heterocycles. The summed E-state index contributed by atoms with van der Waals surface area (Å²) in [5.74, 6) is 0.525. The van der Waals surface area contributed by atoms with E-state index in [9.17, 15) is 10.0 Å². The number of benzene rings is 2. The van der Waals surface area contributed by atoms with Crippen LogP contribution < -0.4 is 4.74 Å². The van der Waals surface area contributed by atoms with Crippen molar-refractivity contribution in [1.29, 1.82) is 0 Å². The van der Waals surface area contributed by atoms with E-state index in [1.807, 2.05) is 24.3 Å². The van der Waals surface area contributed by atoms with Gasteiger partial charge < -0.3 is 14.4 Å². The molecule has 0 aliphatic rings. The first kappa shape index (κ1) is 14.4. The quantitative estimate of drug-likeness (QED) is 0.723. The third-order valence-corrected chi connectivity index (χ3v) is 3.82. The number of fused-ring (bicyclic) bond motifs is 1. The first-order valence-electron chi connectivity index (χ1n) is 6.61. The van der Waals surface area contributed by atoms with E-state index in [1.54, 1.807) is 29.9 Å². The Kier molecular flexibility index (Phi) is 3.73. The second-order valence-corrected chi connectivity index (χ2v) is 5.26. The van der Waals surface area contributed by atoms with Crippen molar-refractivity contribution in [3.63, 3.8) is 0 Å². The second-order valence-electron chi connectivity index (χ2n) is 4.82. The van der Waals surface area contributed by atoms with E-state index < -0.39 is 0 Å². The zero-order valence-electron chi connectivity index (χ0n) is 11.8. The van der Waals surface area contributed by atoms with E-state index in [-0.39, 0.29) is 11.6 Å². The van der Waals surface area contributed by atoms with Crippen LogP contribution in [0.2, 0.25) is 5.02 Å². The Bertz CT molecular complexity index is 858. The summed E-state index contributed by atoms with van der Waals surface area (Å²) in [6, 6.07) is 12.6. The molecule has 1 aromatic heterocycles. The Hall–Kier alpha value is -2.53. The van der Waals surface area contributed by atoms with Gasteiger partial charge in [-0.05, 0) is 29.4 Å². The van der Waals surface area contributed by atoms with E-state index in [0.717, 1.165) is 5.56 Å². The van der Waals surface area contributed by atoms with Gasteiger partial charge in [0.05, 0.1) is 19.2 Å². The van der Waals surface area contributed by atoms with Gasteiger partial charge in [-0.25, -0.2) is 0 Å². The maximum absolute atomic E-state index is 11.1. The number of ether oxygens (including phenoxy) is 1. The molecular formula is C16H13ClN2O3. The maximum Gasteiger partial charge on any atom is 0.222 e. The highest BCUT2D eigenvalue weighted by molar-refractivity contribution is 6.31. The molecule has 22 heavy (non-hydrogen) atoms. The number of aromatic hydroxyl groups is 1. The molecule has 2 aromatic carbocycles. The van der Waals surface area contributed by atoms with Crippen molar-refractivity contribution in [2.75, 3.05) is 7.11 Å². The Morgan fingerprint density at radius 3 is 2.77 bits per heavy atom. The van der Waals surface area contributed by atoms with Crippen molar-refractivity contribution in [3.8, 4) is 11.6 Å². The van der Waals surface area contributed by atoms with Gasteiger partial charge in [0.15, 0.2) is 5.69 Å². The van der Waals surface area contributed by atoms with Gasteiger partial charge in [-0.15, -0.1) is 4.91 Å². The van der Waals surface area contributed by atoms with Crippen molar-refractivity contribution < 1.29 is 9.84 Å². The van der Waals surface area contributed by atoms with Crippen LogP contribution in [0.4, 0.5) is 5.69 Å². The first-order valence-corrected chi connectivity index (χ1v) is 6.99. The molecule has 3 aromatic rings. The van der Waals surface area contributed by atoms with E-state index in [0.29, 0.717) is 28.2 Å². The lowest BCUT2D eigenvalue weighted by molar-refractivity contribution is 0.403. The summed E-state index contributed by atoms with van der Waals surface area (Å²) < 4.78 is 6.93. The summed E-state index contributed by atoms with van der Waals surface area (Å²) in [5.41, 5.74) is 1.56. The summed E-state index contributed by atoms with van der Waals surface area (Å²) in [5, 5.41) is 14.2. The molecule has 0 saturated carbocycles. The van der Waals surface area contributed by atoms with E-state index in [4.69, 9.17) is 16.3 Å². The summed E-state index contributed by atoms with van der Waals surface area (Å²) in [7, 11) is 1.59. The summed E-state index contributed by atoms with van der Waals surface area (Å²) >= 11 is 5.96. The molecule has 5 nitrogen and oxygen atoms in total. The van der Waals surface area contributed by atoms with Crippen LogP contribution in [0.25, 0.3) is 10.9 Å². The molecule has 0 saturated heterocycles. The fourth-order valence-corrected chi connectivity index (χ4v) is 2.72. The molecule has 3 rings (SSSR count). The van der Waals surface area contributed by atoms with E-state index >= 15 is 0 Å². The SMILES string of the molecule is COc1ccccc1Cn1c(O)c(N=O)c2cc(Cl)ccc21. The van der Waals surface area contributed by atoms with Crippen LogP contribution >= 0.6 is 11.6 Å². The maximum atomic E-state index is 11.1. The molecule has 0 spiro atoms. The molecule has 0 unspecified atom stereocenters. The number of hydrogen-bond acceptors (Lipinski definition) is 4. The topological polar surface area (TPSA) is 63.8 Å². The van der Waals surface area contributed by atoms with Crippen molar-refractivity contribution >= 4 is 28.2 Å². The number of nitrogens with zero attached hydrogens (tertiary/aromatic N) is 2. The normalized spacial score (nSPS) is 10.8. The van der Waals surface area contributed by atoms with E-state index in [2.05, 4.69) is 5.18 Å². The molecule has 6 heteroatoms. The highest BCUT2D eigenvalue weighted by Crippen LogP contribution is 2.40. The number of hydrogen-bond donors (Lipinski definition) is 1. The van der Waals surface area contributed by atoms with Crippen LogP contribution in [-0.2, 0) is 6.54 Å². The predicted molar refractivity (Wildman–Crippen MR) is 86.2 cm³/mol. The van der Waals surface area contributed by atoms with Crippen LogP contribution in [0, 0.1) is 4.91 Å². The zero-order valence-corrected chi connectivity index (χ0v) is 12.5. The van der Waals surface area contributed by atoms with Crippen LogP contribution in [-0.4, -0.2) is 16.8 Å². The zero-order chi connectivity index (χ0) is 15.7. The van der Waals surface area contributed by atoms with Crippen LogP contribution in [0.5, 0.6) is 11.6 Å². The van der Waals surface area contributed by atoms with Gasteiger partial charge in [-0.1, -0.05) is 29.8 Å². The predicted octanol–water partition coefficient (Wildman–Crippen LogP) is 4.46. The van der Waals surface area contributed by atoms with Gasteiger partial charge in [0.25, 0.3) is 0 Å². The molecule has 0 amide bonds. The highest BCUT2D eigenvalue weighted by atomic mass is 35.5. The number of halogens is 1. The van der Waals surface area contributed by atoms with Gasteiger partial charge in [0.2, 0.25) is 5.88 Å². The Balaban J connectivity index is 2.19. The lowest BCUT2D eigenvalue weighted by atomic mass is 10.2. The third-order valence-electron chi connectivity index (χ3n) is 3.58. The number of para-hydroxylation sites is 1. The van der Waals surface area contributed by atoms with Gasteiger partial charge in [0.1, 0.15) is 5.75 Å².